The van der Waals surface area contributed by atoms with Crippen molar-refractivity contribution >= 4 is 24.2 Å². The van der Waals surface area contributed by atoms with E-state index in [0.29, 0.717) is 6.54 Å². The van der Waals surface area contributed by atoms with E-state index in [1.54, 1.807) is 12.1 Å². The second kappa shape index (κ2) is 9.94. The molecule has 0 aliphatic carbocycles. The van der Waals surface area contributed by atoms with Crippen molar-refractivity contribution in [1.29, 1.82) is 0 Å². The molecule has 0 radical (unpaired) electrons. The highest BCUT2D eigenvalue weighted by Crippen LogP contribution is 2.07. The minimum atomic E-state index is -0.508. The SMILES string of the molecule is Cl.O=C(NCc1ccc(F)cc1)c1nccnc1C(=O)NCC1CCCN1. The zero-order valence-electron chi connectivity index (χ0n) is 14.6. The van der Waals surface area contributed by atoms with Crippen LogP contribution in [0.15, 0.2) is 36.7 Å². The molecule has 1 aliphatic rings. The van der Waals surface area contributed by atoms with E-state index >= 15 is 0 Å². The molecule has 0 bridgehead atoms. The molecular formula is C18H21ClFN5O2. The number of carbonyl (C=O) groups is 2. The summed E-state index contributed by atoms with van der Waals surface area (Å²) in [7, 11) is 0. The molecule has 2 heterocycles. The van der Waals surface area contributed by atoms with Crippen molar-refractivity contribution in [3.05, 3.63) is 59.4 Å². The van der Waals surface area contributed by atoms with Crippen LogP contribution in [0.1, 0.15) is 39.4 Å². The van der Waals surface area contributed by atoms with E-state index in [4.69, 9.17) is 0 Å². The van der Waals surface area contributed by atoms with Crippen molar-refractivity contribution in [2.75, 3.05) is 13.1 Å². The summed E-state index contributed by atoms with van der Waals surface area (Å²) in [5, 5.41) is 8.75. The molecule has 0 saturated carbocycles. The Morgan fingerprint density at radius 1 is 1.07 bits per heavy atom. The van der Waals surface area contributed by atoms with Gasteiger partial charge in [0.05, 0.1) is 0 Å². The fourth-order valence-corrected chi connectivity index (χ4v) is 2.77. The third kappa shape index (κ3) is 5.70. The average Bonchev–Trinajstić information content (AvgIpc) is 3.19. The van der Waals surface area contributed by atoms with Gasteiger partial charge in [-0.15, -0.1) is 12.4 Å². The van der Waals surface area contributed by atoms with Crippen molar-refractivity contribution < 1.29 is 14.0 Å². The van der Waals surface area contributed by atoms with Crippen LogP contribution >= 0.6 is 12.4 Å². The lowest BCUT2D eigenvalue weighted by Gasteiger charge is -2.12. The molecule has 2 aromatic rings. The number of nitrogens with one attached hydrogen (secondary N) is 3. The van der Waals surface area contributed by atoms with Gasteiger partial charge in [0.1, 0.15) is 5.82 Å². The summed E-state index contributed by atoms with van der Waals surface area (Å²) in [5.74, 6) is -1.28. The van der Waals surface area contributed by atoms with Crippen LogP contribution in [0, 0.1) is 5.82 Å². The first-order chi connectivity index (χ1) is 12.6. The van der Waals surface area contributed by atoms with E-state index in [0.717, 1.165) is 24.9 Å². The Balaban J connectivity index is 0.00000261. The zero-order valence-corrected chi connectivity index (χ0v) is 15.4. The van der Waals surface area contributed by atoms with E-state index < -0.39 is 11.8 Å². The van der Waals surface area contributed by atoms with E-state index in [-0.39, 0.29) is 42.2 Å². The summed E-state index contributed by atoms with van der Waals surface area (Å²) < 4.78 is 12.9. The second-order valence-corrected chi connectivity index (χ2v) is 6.07. The molecule has 0 spiro atoms. The van der Waals surface area contributed by atoms with Crippen molar-refractivity contribution in [3.8, 4) is 0 Å². The third-order valence-corrected chi connectivity index (χ3v) is 4.17. The van der Waals surface area contributed by atoms with Gasteiger partial charge >= 0.3 is 0 Å². The molecule has 1 aromatic carbocycles. The highest BCUT2D eigenvalue weighted by molar-refractivity contribution is 6.04. The standard InChI is InChI=1S/C18H20FN5O2.ClH/c19-13-5-3-12(4-6-13)10-23-17(25)15-16(22-9-8-21-15)18(26)24-11-14-2-1-7-20-14;/h3-6,8-9,14,20H,1-2,7,10-11H2,(H,23,25)(H,24,26);1H. The van der Waals surface area contributed by atoms with Gasteiger partial charge in [-0.1, -0.05) is 12.1 Å². The predicted molar refractivity (Wildman–Crippen MR) is 100 cm³/mol. The Labute approximate surface area is 162 Å². The Morgan fingerprint density at radius 3 is 2.30 bits per heavy atom. The Morgan fingerprint density at radius 2 is 1.70 bits per heavy atom. The molecule has 27 heavy (non-hydrogen) atoms. The van der Waals surface area contributed by atoms with Crippen LogP contribution < -0.4 is 16.0 Å². The smallest absolute Gasteiger partial charge is 0.272 e. The maximum atomic E-state index is 12.9. The van der Waals surface area contributed by atoms with Gasteiger partial charge in [-0.2, -0.15) is 0 Å². The summed E-state index contributed by atoms with van der Waals surface area (Å²) in [5.41, 5.74) is 0.690. The average molecular weight is 394 g/mol. The molecular weight excluding hydrogens is 373 g/mol. The van der Waals surface area contributed by atoms with Crippen molar-refractivity contribution in [2.45, 2.75) is 25.4 Å². The topological polar surface area (TPSA) is 96.0 Å². The van der Waals surface area contributed by atoms with Gasteiger partial charge in [-0.25, -0.2) is 14.4 Å². The largest absolute Gasteiger partial charge is 0.349 e. The number of halogens is 2. The summed E-state index contributed by atoms with van der Waals surface area (Å²) >= 11 is 0. The minimum Gasteiger partial charge on any atom is -0.349 e. The van der Waals surface area contributed by atoms with Gasteiger partial charge in [-0.05, 0) is 37.1 Å². The van der Waals surface area contributed by atoms with Crippen LogP contribution in [-0.4, -0.2) is 40.9 Å². The highest BCUT2D eigenvalue weighted by Gasteiger charge is 2.21. The van der Waals surface area contributed by atoms with Gasteiger partial charge < -0.3 is 16.0 Å². The summed E-state index contributed by atoms with van der Waals surface area (Å²) in [6, 6.07) is 6.04. The number of aromatic nitrogens is 2. The van der Waals surface area contributed by atoms with Crippen LogP contribution in [0.5, 0.6) is 0 Å². The number of hydrogen-bond donors (Lipinski definition) is 3. The number of hydrogen-bond acceptors (Lipinski definition) is 5. The minimum absolute atomic E-state index is 0. The Hall–Kier alpha value is -2.58. The molecule has 1 unspecified atom stereocenters. The van der Waals surface area contributed by atoms with Crippen molar-refractivity contribution in [1.82, 2.24) is 25.9 Å². The third-order valence-electron chi connectivity index (χ3n) is 4.17. The van der Waals surface area contributed by atoms with Crippen LogP contribution in [0.25, 0.3) is 0 Å². The Bertz CT molecular complexity index is 782. The van der Waals surface area contributed by atoms with Gasteiger partial charge in [0.25, 0.3) is 11.8 Å². The first-order valence-electron chi connectivity index (χ1n) is 8.48. The molecule has 1 aliphatic heterocycles. The van der Waals surface area contributed by atoms with Gasteiger partial charge in [0.15, 0.2) is 11.4 Å². The van der Waals surface area contributed by atoms with E-state index in [1.165, 1.54) is 24.5 Å². The van der Waals surface area contributed by atoms with Crippen LogP contribution in [-0.2, 0) is 6.54 Å². The lowest BCUT2D eigenvalue weighted by atomic mass is 10.2. The van der Waals surface area contributed by atoms with Crippen molar-refractivity contribution in [2.24, 2.45) is 0 Å². The van der Waals surface area contributed by atoms with Crippen molar-refractivity contribution in [3.63, 3.8) is 0 Å². The van der Waals surface area contributed by atoms with Crippen LogP contribution in [0.3, 0.4) is 0 Å². The fraction of sp³-hybridized carbons (Fsp3) is 0.333. The number of carbonyl (C=O) groups excluding carboxylic acids is 2. The molecule has 1 saturated heterocycles. The normalized spacial score (nSPS) is 15.7. The molecule has 9 heteroatoms. The molecule has 144 valence electrons. The highest BCUT2D eigenvalue weighted by atomic mass is 35.5. The fourth-order valence-electron chi connectivity index (χ4n) is 2.77. The van der Waals surface area contributed by atoms with E-state index in [2.05, 4.69) is 25.9 Å². The number of amides is 2. The lowest BCUT2D eigenvalue weighted by Crippen LogP contribution is -2.38. The van der Waals surface area contributed by atoms with Crippen LogP contribution in [0.4, 0.5) is 4.39 Å². The first kappa shape index (κ1) is 20.7. The van der Waals surface area contributed by atoms with E-state index in [9.17, 15) is 14.0 Å². The number of rotatable bonds is 6. The number of nitrogens with zero attached hydrogens (tertiary/aromatic N) is 2. The molecule has 1 fully saturated rings. The quantitative estimate of drug-likeness (QED) is 0.690. The lowest BCUT2D eigenvalue weighted by molar-refractivity contribution is 0.0908. The molecule has 1 aromatic heterocycles. The molecule has 3 N–H and O–H groups in total. The second-order valence-electron chi connectivity index (χ2n) is 6.07. The maximum absolute atomic E-state index is 12.9. The molecule has 3 rings (SSSR count). The van der Waals surface area contributed by atoms with Gasteiger partial charge in [0.2, 0.25) is 0 Å². The monoisotopic (exact) mass is 393 g/mol. The van der Waals surface area contributed by atoms with E-state index in [1.807, 2.05) is 0 Å². The zero-order chi connectivity index (χ0) is 18.4. The summed E-state index contributed by atoms with van der Waals surface area (Å²) in [6.45, 7) is 1.62. The van der Waals surface area contributed by atoms with Gasteiger partial charge in [0, 0.05) is 31.5 Å². The summed E-state index contributed by atoms with van der Waals surface area (Å²) in [4.78, 5) is 32.8. The first-order valence-corrected chi connectivity index (χ1v) is 8.48. The maximum Gasteiger partial charge on any atom is 0.272 e. The Kier molecular flexibility index (Phi) is 7.63. The van der Waals surface area contributed by atoms with Crippen LogP contribution in [0.2, 0.25) is 0 Å². The number of benzene rings is 1. The summed E-state index contributed by atoms with van der Waals surface area (Å²) in [6.07, 6.45) is 4.83. The molecule has 7 nitrogen and oxygen atoms in total. The molecule has 1 atom stereocenters. The molecule has 2 amide bonds. The predicted octanol–water partition coefficient (Wildman–Crippen LogP) is 1.45. The van der Waals surface area contributed by atoms with Gasteiger partial charge in [-0.3, -0.25) is 9.59 Å².